The van der Waals surface area contributed by atoms with Crippen molar-refractivity contribution in [3.8, 4) is 0 Å². The Morgan fingerprint density at radius 2 is 2.12 bits per heavy atom. The van der Waals surface area contributed by atoms with Crippen molar-refractivity contribution >= 4 is 5.97 Å². The molecule has 1 atom stereocenters. The van der Waals surface area contributed by atoms with Crippen molar-refractivity contribution in [3.63, 3.8) is 0 Å². The number of carboxylic acid groups (broad SMARTS) is 1. The van der Waals surface area contributed by atoms with Gasteiger partial charge >= 0.3 is 5.97 Å². The Hall–Kier alpha value is -0.690. The van der Waals surface area contributed by atoms with E-state index in [-0.39, 0.29) is 13.0 Å². The van der Waals surface area contributed by atoms with Crippen LogP contribution in [0.1, 0.15) is 6.42 Å². The van der Waals surface area contributed by atoms with Gasteiger partial charge in [0, 0.05) is 20.2 Å². The molecule has 0 aliphatic rings. The zero-order valence-corrected chi connectivity index (χ0v) is 9.89. The lowest BCUT2D eigenvalue weighted by molar-refractivity contribution is -0.137. The van der Waals surface area contributed by atoms with Crippen LogP contribution in [0.5, 0.6) is 0 Å². The van der Waals surface area contributed by atoms with Gasteiger partial charge in [-0.25, -0.2) is 0 Å². The Kier molecular flexibility index (Phi) is 9.12. The van der Waals surface area contributed by atoms with Gasteiger partial charge in [-0.3, -0.25) is 4.79 Å². The highest BCUT2D eigenvalue weighted by atomic mass is 16.5. The third-order valence-electron chi connectivity index (χ3n) is 1.97. The van der Waals surface area contributed by atoms with Crippen molar-refractivity contribution in [2.45, 2.75) is 12.5 Å². The number of aliphatic carboxylic acids is 1. The van der Waals surface area contributed by atoms with Gasteiger partial charge in [0.25, 0.3) is 0 Å². The molecule has 0 aromatic heterocycles. The number of rotatable bonds is 10. The Labute approximate surface area is 95.8 Å². The van der Waals surface area contributed by atoms with E-state index in [1.54, 1.807) is 19.1 Å². The van der Waals surface area contributed by atoms with Gasteiger partial charge in [0.05, 0.1) is 32.3 Å². The Bertz CT molecular complexity index is 188. The zero-order chi connectivity index (χ0) is 12.4. The molecule has 0 aliphatic heterocycles. The molecular formula is C10H21NO5. The Morgan fingerprint density at radius 1 is 1.44 bits per heavy atom. The molecule has 0 heterocycles. The molecule has 0 aromatic carbocycles. The van der Waals surface area contributed by atoms with Gasteiger partial charge in [-0.1, -0.05) is 0 Å². The maximum Gasteiger partial charge on any atom is 0.304 e. The highest BCUT2D eigenvalue weighted by Crippen LogP contribution is 1.93. The van der Waals surface area contributed by atoms with E-state index in [1.165, 1.54) is 0 Å². The lowest BCUT2D eigenvalue weighted by Gasteiger charge is -2.19. The lowest BCUT2D eigenvalue weighted by Crippen LogP contribution is -2.33. The fourth-order valence-corrected chi connectivity index (χ4v) is 1.15. The van der Waals surface area contributed by atoms with E-state index < -0.39 is 12.1 Å². The number of hydrogen-bond acceptors (Lipinski definition) is 5. The predicted molar refractivity (Wildman–Crippen MR) is 58.5 cm³/mol. The second kappa shape index (κ2) is 9.53. The van der Waals surface area contributed by atoms with Gasteiger partial charge in [-0.15, -0.1) is 0 Å². The van der Waals surface area contributed by atoms with Crippen molar-refractivity contribution < 1.29 is 24.5 Å². The highest BCUT2D eigenvalue weighted by molar-refractivity contribution is 5.66. The molecule has 0 aliphatic carbocycles. The molecule has 0 saturated carbocycles. The first-order chi connectivity index (χ1) is 7.56. The van der Waals surface area contributed by atoms with E-state index in [1.807, 2.05) is 0 Å². The van der Waals surface area contributed by atoms with Gasteiger partial charge in [-0.2, -0.15) is 0 Å². The number of likely N-dealkylation sites (N-methyl/N-ethyl adjacent to an activating group) is 1. The molecule has 6 nitrogen and oxygen atoms in total. The molecule has 0 saturated heterocycles. The van der Waals surface area contributed by atoms with Crippen LogP contribution in [0.2, 0.25) is 0 Å². The predicted octanol–water partition coefficient (Wildman–Crippen LogP) is -0.583. The van der Waals surface area contributed by atoms with Crippen LogP contribution in [-0.2, 0) is 14.3 Å². The molecule has 0 amide bonds. The van der Waals surface area contributed by atoms with Crippen LogP contribution < -0.4 is 0 Å². The maximum atomic E-state index is 10.3. The lowest BCUT2D eigenvalue weighted by atomic mass is 10.3. The summed E-state index contributed by atoms with van der Waals surface area (Å²) in [7, 11) is 3.35. The van der Waals surface area contributed by atoms with Crippen molar-refractivity contribution in [1.82, 2.24) is 4.90 Å². The van der Waals surface area contributed by atoms with Crippen LogP contribution in [0, 0.1) is 0 Å². The van der Waals surface area contributed by atoms with Crippen LogP contribution in [-0.4, -0.2) is 74.3 Å². The van der Waals surface area contributed by atoms with E-state index in [4.69, 9.17) is 14.6 Å². The number of methoxy groups -OCH3 is 1. The molecule has 0 bridgehead atoms. The number of carboxylic acids is 1. The second-order valence-electron chi connectivity index (χ2n) is 3.63. The third kappa shape index (κ3) is 9.85. The van der Waals surface area contributed by atoms with Gasteiger partial charge < -0.3 is 24.6 Å². The molecule has 0 spiro atoms. The fraction of sp³-hybridized carbons (Fsp3) is 0.900. The molecule has 16 heavy (non-hydrogen) atoms. The summed E-state index contributed by atoms with van der Waals surface area (Å²) in [5, 5.41) is 18.0. The number of nitrogens with zero attached hydrogens (tertiary/aromatic N) is 1. The first-order valence-electron chi connectivity index (χ1n) is 5.21. The largest absolute Gasteiger partial charge is 0.481 e. The van der Waals surface area contributed by atoms with Crippen LogP contribution in [0.15, 0.2) is 0 Å². The van der Waals surface area contributed by atoms with Gasteiger partial charge in [0.2, 0.25) is 0 Å². The molecule has 2 N–H and O–H groups in total. The SMILES string of the molecule is COCCOCC(O)CN(C)CCC(=O)O. The van der Waals surface area contributed by atoms with Gasteiger partial charge in [0.1, 0.15) is 0 Å². The quantitative estimate of drug-likeness (QED) is 0.493. The summed E-state index contributed by atoms with van der Waals surface area (Å²) in [4.78, 5) is 12.1. The van der Waals surface area contributed by atoms with Crippen LogP contribution in [0.25, 0.3) is 0 Å². The van der Waals surface area contributed by atoms with E-state index in [0.717, 1.165) is 0 Å². The Morgan fingerprint density at radius 3 is 2.69 bits per heavy atom. The minimum absolute atomic E-state index is 0.0771. The molecule has 0 rings (SSSR count). The normalized spacial score (nSPS) is 13.0. The number of ether oxygens (including phenoxy) is 2. The first kappa shape index (κ1) is 15.3. The monoisotopic (exact) mass is 235 g/mol. The molecule has 6 heteroatoms. The highest BCUT2D eigenvalue weighted by Gasteiger charge is 2.09. The summed E-state index contributed by atoms with van der Waals surface area (Å²) >= 11 is 0. The van der Waals surface area contributed by atoms with Crippen LogP contribution >= 0.6 is 0 Å². The van der Waals surface area contributed by atoms with E-state index >= 15 is 0 Å². The Balaban J connectivity index is 3.46. The second-order valence-corrected chi connectivity index (χ2v) is 3.63. The summed E-state index contributed by atoms with van der Waals surface area (Å²) in [5.74, 6) is -0.835. The summed E-state index contributed by atoms with van der Waals surface area (Å²) in [6.07, 6.45) is -0.524. The average molecular weight is 235 g/mol. The third-order valence-corrected chi connectivity index (χ3v) is 1.97. The first-order valence-corrected chi connectivity index (χ1v) is 5.21. The van der Waals surface area contributed by atoms with Crippen molar-refractivity contribution in [3.05, 3.63) is 0 Å². The van der Waals surface area contributed by atoms with E-state index in [9.17, 15) is 9.90 Å². The number of carbonyl (C=O) groups is 1. The minimum Gasteiger partial charge on any atom is -0.481 e. The topological polar surface area (TPSA) is 79.2 Å². The number of aliphatic hydroxyl groups excluding tert-OH is 1. The van der Waals surface area contributed by atoms with E-state index in [2.05, 4.69) is 0 Å². The summed E-state index contributed by atoms with van der Waals surface area (Å²) in [6, 6.07) is 0. The molecule has 96 valence electrons. The van der Waals surface area contributed by atoms with Crippen LogP contribution in [0.3, 0.4) is 0 Å². The van der Waals surface area contributed by atoms with Gasteiger partial charge in [0.15, 0.2) is 0 Å². The smallest absolute Gasteiger partial charge is 0.304 e. The maximum absolute atomic E-state index is 10.3. The summed E-state index contributed by atoms with van der Waals surface area (Å²) in [6.45, 7) is 2.01. The minimum atomic E-state index is -0.835. The van der Waals surface area contributed by atoms with Crippen molar-refractivity contribution in [2.24, 2.45) is 0 Å². The number of hydrogen-bond donors (Lipinski definition) is 2. The van der Waals surface area contributed by atoms with Crippen molar-refractivity contribution in [2.75, 3.05) is 47.1 Å². The summed E-state index contributed by atoms with van der Waals surface area (Å²) in [5.41, 5.74) is 0. The molecule has 1 unspecified atom stereocenters. The number of aliphatic hydroxyl groups is 1. The molecular weight excluding hydrogens is 214 g/mol. The molecule has 0 radical (unpaired) electrons. The summed E-state index contributed by atoms with van der Waals surface area (Å²) < 4.78 is 9.93. The molecule has 0 aromatic rings. The standard InChI is InChI=1S/C10H21NO5/c1-11(4-3-10(13)14)7-9(12)8-16-6-5-15-2/h9,12H,3-8H2,1-2H3,(H,13,14). The van der Waals surface area contributed by atoms with Gasteiger partial charge in [-0.05, 0) is 7.05 Å². The van der Waals surface area contributed by atoms with E-state index in [0.29, 0.717) is 26.3 Å². The fourth-order valence-electron chi connectivity index (χ4n) is 1.15. The average Bonchev–Trinajstić information content (AvgIpc) is 2.21. The van der Waals surface area contributed by atoms with Crippen LogP contribution in [0.4, 0.5) is 0 Å². The van der Waals surface area contributed by atoms with Crippen molar-refractivity contribution in [1.29, 1.82) is 0 Å². The molecule has 0 fully saturated rings. The zero-order valence-electron chi connectivity index (χ0n) is 9.89.